The molecule has 0 amide bonds. The average molecular weight is 468 g/mol. The fourth-order valence-electron chi connectivity index (χ4n) is 1.14. The van der Waals surface area contributed by atoms with Crippen molar-refractivity contribution in [3.63, 3.8) is 0 Å². The quantitative estimate of drug-likeness (QED) is 0.468. The summed E-state index contributed by atoms with van der Waals surface area (Å²) in [5, 5.41) is 0. The van der Waals surface area contributed by atoms with Crippen LogP contribution in [0.5, 0.6) is 0 Å². The van der Waals surface area contributed by atoms with E-state index in [9.17, 15) is 31.1 Å². The van der Waals surface area contributed by atoms with Crippen LogP contribution in [0.3, 0.4) is 0 Å². The van der Waals surface area contributed by atoms with Gasteiger partial charge in [-0.2, -0.15) is 0 Å². The van der Waals surface area contributed by atoms with Crippen LogP contribution in [0.2, 0.25) is 0 Å². The summed E-state index contributed by atoms with van der Waals surface area (Å²) in [6.45, 7) is 0. The van der Waals surface area contributed by atoms with E-state index < -0.39 is 35.0 Å². The Morgan fingerprint density at radius 3 is 1.61 bits per heavy atom. The van der Waals surface area contributed by atoms with Gasteiger partial charge in [0.05, 0.1) is 0 Å². The first-order chi connectivity index (χ1) is 8.05. The Bertz CT molecular complexity index is 433. The van der Waals surface area contributed by atoms with Crippen LogP contribution in [0.4, 0.5) is 26.3 Å². The molecule has 0 spiro atoms. The zero-order valence-electron chi connectivity index (χ0n) is 8.39. The van der Waals surface area contributed by atoms with Crippen LogP contribution in [-0.2, 0) is 15.2 Å². The molecule has 100 valence electrons. The van der Waals surface area contributed by atoms with Crippen LogP contribution >= 0.6 is 0 Å². The predicted octanol–water partition coefficient (Wildman–Crippen LogP) is 2.43. The number of carbonyl (C=O) groups excluding carboxylic acids is 1. The Morgan fingerprint density at radius 2 is 1.33 bits per heavy atom. The number of benzene rings is 1. The van der Waals surface area contributed by atoms with Gasteiger partial charge in [0.1, 0.15) is 0 Å². The van der Waals surface area contributed by atoms with Gasteiger partial charge in [-0.05, 0) is 0 Å². The van der Waals surface area contributed by atoms with E-state index in [0.717, 1.165) is 0 Å². The zero-order valence-corrected chi connectivity index (χ0v) is 12.9. The molecular weight excluding hydrogens is 463 g/mol. The van der Waals surface area contributed by atoms with Gasteiger partial charge in [-0.15, -0.1) is 0 Å². The van der Waals surface area contributed by atoms with E-state index in [4.69, 9.17) is 0 Å². The van der Waals surface area contributed by atoms with Gasteiger partial charge < -0.3 is 0 Å². The van der Waals surface area contributed by atoms with Gasteiger partial charge in [0.15, 0.2) is 0 Å². The molecule has 0 aliphatic heterocycles. The molecule has 0 fully saturated rings. The van der Waals surface area contributed by atoms with Crippen LogP contribution in [0.15, 0.2) is 18.2 Å². The molecule has 0 aromatic heterocycles. The molecule has 18 heavy (non-hydrogen) atoms. The van der Waals surface area contributed by atoms with Crippen LogP contribution in [0.1, 0.15) is 21.5 Å². The van der Waals surface area contributed by atoms with Crippen molar-refractivity contribution in [1.82, 2.24) is 0 Å². The summed E-state index contributed by atoms with van der Waals surface area (Å²) >= 11 is -0.327. The maximum atomic E-state index is 12.4. The fourth-order valence-corrected chi connectivity index (χ4v) is 1.67. The molecule has 0 atom stereocenters. The second-order valence-corrected chi connectivity index (χ2v) is 4.12. The maximum absolute atomic E-state index is 12.4. The van der Waals surface area contributed by atoms with Gasteiger partial charge in [0.2, 0.25) is 0 Å². The summed E-state index contributed by atoms with van der Waals surface area (Å²) in [7, 11) is 0. The van der Waals surface area contributed by atoms with Crippen molar-refractivity contribution in [2.45, 2.75) is 12.4 Å². The summed E-state index contributed by atoms with van der Waals surface area (Å²) in [5.74, 6) is -1.20. The predicted molar refractivity (Wildman–Crippen MR) is 50.4 cm³/mol. The van der Waals surface area contributed by atoms with Crippen LogP contribution < -0.4 is 0 Å². The van der Waals surface area contributed by atoms with Crippen LogP contribution in [0.25, 0.3) is 0 Å². The Labute approximate surface area is 112 Å². The van der Waals surface area contributed by atoms with E-state index in [-0.39, 0.29) is 31.2 Å². The first-order valence-electron chi connectivity index (χ1n) is 4.26. The molecule has 0 heterocycles. The molecule has 0 saturated carbocycles. The topological polar surface area (TPSA) is 26.3 Å². The van der Waals surface area contributed by atoms with E-state index in [2.05, 4.69) is 2.81 Å². The van der Waals surface area contributed by atoms with Crippen LogP contribution in [-0.4, -0.2) is 31.1 Å². The Balaban J connectivity index is 3.44. The molecule has 0 unspecified atom stereocenters. The van der Waals surface area contributed by atoms with Crippen molar-refractivity contribution < 1.29 is 34.0 Å². The van der Waals surface area contributed by atoms with Crippen molar-refractivity contribution in [3.8, 4) is 0 Å². The van der Waals surface area contributed by atoms with Crippen LogP contribution in [0, 0.1) is 0 Å². The summed E-state index contributed by atoms with van der Waals surface area (Å²) in [6.07, 6.45) is -9.94. The van der Waals surface area contributed by atoms with E-state index in [1.165, 1.54) is 0 Å². The van der Waals surface area contributed by atoms with E-state index in [0.29, 0.717) is 12.1 Å². The molecule has 1 aromatic carbocycles. The molecular formula is C9H5BiF6O2. The standard InChI is InChI=1S/C9H4F6O2.Bi.2H/c10-8(11,12)5-1-4(7(16)17)2-6(3-5)9(13,14)15;;;/h1-3H,(H,16,17);;;/q;+1;;/p-1. The Hall–Kier alpha value is -0.847. The molecule has 9 heteroatoms. The molecule has 1 aromatic rings. The third-order valence-corrected chi connectivity index (χ3v) is 2.76. The van der Waals surface area contributed by atoms with Gasteiger partial charge in [0.25, 0.3) is 0 Å². The molecule has 0 radical (unpaired) electrons. The minimum atomic E-state index is -4.97. The van der Waals surface area contributed by atoms with Crippen molar-refractivity contribution in [1.29, 1.82) is 0 Å². The number of hydrogen-bond donors (Lipinski definition) is 0. The van der Waals surface area contributed by atoms with Gasteiger partial charge in [-0.25, -0.2) is 0 Å². The normalized spacial score (nSPS) is 12.4. The van der Waals surface area contributed by atoms with Gasteiger partial charge in [-0.3, -0.25) is 0 Å². The van der Waals surface area contributed by atoms with Gasteiger partial charge >= 0.3 is 112 Å². The summed E-state index contributed by atoms with van der Waals surface area (Å²) in [5.41, 5.74) is -3.84. The van der Waals surface area contributed by atoms with E-state index >= 15 is 0 Å². The number of carbonyl (C=O) groups is 1. The summed E-state index contributed by atoms with van der Waals surface area (Å²) in [4.78, 5) is 11.1. The molecule has 0 N–H and O–H groups in total. The molecule has 0 aliphatic carbocycles. The van der Waals surface area contributed by atoms with Crippen molar-refractivity contribution in [2.24, 2.45) is 0 Å². The Kier molecular flexibility index (Phi) is 4.25. The number of rotatable bonds is 1. The van der Waals surface area contributed by atoms with E-state index in [1.807, 2.05) is 0 Å². The SMILES string of the molecule is O=C([O][BiH2])c1cc(C(F)(F)F)cc(C(F)(F)F)c1. The summed E-state index contributed by atoms with van der Waals surface area (Å²) < 4.78 is 78.6. The zero-order chi connectivity index (χ0) is 14.1. The first kappa shape index (κ1) is 15.2. The molecule has 0 aliphatic rings. The van der Waals surface area contributed by atoms with Gasteiger partial charge in [0, 0.05) is 0 Å². The average Bonchev–Trinajstić information content (AvgIpc) is 2.25. The van der Waals surface area contributed by atoms with Crippen molar-refractivity contribution in [2.75, 3.05) is 0 Å². The molecule has 0 bridgehead atoms. The Morgan fingerprint density at radius 1 is 0.944 bits per heavy atom. The molecule has 0 saturated heterocycles. The number of halogens is 6. The second kappa shape index (κ2) is 5.03. The van der Waals surface area contributed by atoms with Crippen molar-refractivity contribution in [3.05, 3.63) is 34.9 Å². The first-order valence-corrected chi connectivity index (χ1v) is 6.09. The minimum absolute atomic E-state index is 0.0495. The molecule has 2 nitrogen and oxygen atoms in total. The fraction of sp³-hybridized carbons (Fsp3) is 0.222. The molecule has 1 rings (SSSR count). The third-order valence-electron chi connectivity index (χ3n) is 1.93. The second-order valence-electron chi connectivity index (χ2n) is 3.20. The van der Waals surface area contributed by atoms with Gasteiger partial charge in [-0.1, -0.05) is 0 Å². The summed E-state index contributed by atoms with van der Waals surface area (Å²) in [6, 6.07) is 0.617. The monoisotopic (exact) mass is 468 g/mol. The van der Waals surface area contributed by atoms with Crippen molar-refractivity contribution >= 4 is 31.1 Å². The number of alkyl halides is 6. The third kappa shape index (κ3) is 3.57. The van der Waals surface area contributed by atoms with E-state index in [1.54, 1.807) is 0 Å². The number of hydrogen-bond acceptors (Lipinski definition) is 2.